The summed E-state index contributed by atoms with van der Waals surface area (Å²) < 4.78 is 0. The predicted octanol–water partition coefficient (Wildman–Crippen LogP) is 1.93. The fourth-order valence-electron chi connectivity index (χ4n) is 2.92. The summed E-state index contributed by atoms with van der Waals surface area (Å²) in [7, 11) is 0. The lowest BCUT2D eigenvalue weighted by atomic mass is 10.1. The number of benzene rings is 1. The molecule has 2 aromatic rings. The fourth-order valence-corrected chi connectivity index (χ4v) is 3.69. The summed E-state index contributed by atoms with van der Waals surface area (Å²) in [6.45, 7) is 4.53. The summed E-state index contributed by atoms with van der Waals surface area (Å²) in [4.78, 5) is 32.7. The molecule has 1 fully saturated rings. The summed E-state index contributed by atoms with van der Waals surface area (Å²) >= 11 is 1.38. The van der Waals surface area contributed by atoms with Crippen molar-refractivity contribution in [3.05, 3.63) is 52.0 Å². The van der Waals surface area contributed by atoms with Crippen molar-refractivity contribution >= 4 is 34.9 Å². The van der Waals surface area contributed by atoms with Gasteiger partial charge in [0, 0.05) is 37.9 Å². The molecule has 1 aliphatic heterocycles. The number of piperazine rings is 1. The Hall–Kier alpha value is -2.71. The van der Waals surface area contributed by atoms with Crippen molar-refractivity contribution in [2.24, 2.45) is 0 Å². The molecule has 1 saturated heterocycles. The van der Waals surface area contributed by atoms with Crippen LogP contribution < -0.4 is 10.4 Å². The normalized spacial score (nSPS) is 14.7. The second-order valence-electron chi connectivity index (χ2n) is 5.91. The van der Waals surface area contributed by atoms with Crippen LogP contribution in [-0.4, -0.2) is 53.1 Å². The quantitative estimate of drug-likeness (QED) is 0.487. The van der Waals surface area contributed by atoms with Crippen LogP contribution in [0, 0.1) is 6.92 Å². The SMILES string of the molecule is Cc1ncsc1C(=O)N1CCN(c2ccccc2/C=C/C(=O)NO)CC1. The van der Waals surface area contributed by atoms with Gasteiger partial charge in [-0.15, -0.1) is 11.3 Å². The van der Waals surface area contributed by atoms with Crippen LogP contribution in [0.3, 0.4) is 0 Å². The van der Waals surface area contributed by atoms with Gasteiger partial charge in [-0.05, 0) is 24.6 Å². The number of amides is 2. The first-order valence-electron chi connectivity index (χ1n) is 8.25. The average molecular weight is 372 g/mol. The largest absolute Gasteiger partial charge is 0.367 e. The molecule has 1 aromatic carbocycles. The fraction of sp³-hybridized carbons (Fsp3) is 0.278. The number of nitrogens with zero attached hydrogens (tertiary/aromatic N) is 3. The number of para-hydroxylation sites is 1. The third kappa shape index (κ3) is 3.92. The van der Waals surface area contributed by atoms with Gasteiger partial charge in [0.15, 0.2) is 0 Å². The highest BCUT2D eigenvalue weighted by molar-refractivity contribution is 7.11. The third-order valence-corrected chi connectivity index (χ3v) is 5.23. The number of carbonyl (C=O) groups excluding carboxylic acids is 2. The van der Waals surface area contributed by atoms with E-state index < -0.39 is 5.91 Å². The number of thiazole rings is 1. The van der Waals surface area contributed by atoms with Crippen molar-refractivity contribution in [3.63, 3.8) is 0 Å². The van der Waals surface area contributed by atoms with E-state index in [2.05, 4.69) is 9.88 Å². The van der Waals surface area contributed by atoms with E-state index in [1.807, 2.05) is 36.1 Å². The lowest BCUT2D eigenvalue weighted by Gasteiger charge is -2.36. The molecule has 0 bridgehead atoms. The van der Waals surface area contributed by atoms with Crippen molar-refractivity contribution in [3.8, 4) is 0 Å². The first-order chi connectivity index (χ1) is 12.6. The number of rotatable bonds is 4. The maximum Gasteiger partial charge on any atom is 0.267 e. The second-order valence-corrected chi connectivity index (χ2v) is 6.77. The zero-order valence-electron chi connectivity index (χ0n) is 14.4. The number of hydroxylamine groups is 1. The van der Waals surface area contributed by atoms with E-state index in [1.54, 1.807) is 17.1 Å². The van der Waals surface area contributed by atoms with E-state index >= 15 is 0 Å². The van der Waals surface area contributed by atoms with Crippen LogP contribution in [0.1, 0.15) is 20.9 Å². The van der Waals surface area contributed by atoms with E-state index in [0.717, 1.165) is 16.9 Å². The lowest BCUT2D eigenvalue weighted by Crippen LogP contribution is -2.49. The van der Waals surface area contributed by atoms with E-state index in [1.165, 1.54) is 17.4 Å². The zero-order valence-corrected chi connectivity index (χ0v) is 15.2. The van der Waals surface area contributed by atoms with E-state index in [9.17, 15) is 9.59 Å². The number of anilines is 1. The van der Waals surface area contributed by atoms with Crippen LogP contribution in [0.2, 0.25) is 0 Å². The number of hydrogen-bond donors (Lipinski definition) is 2. The highest BCUT2D eigenvalue weighted by Crippen LogP contribution is 2.24. The van der Waals surface area contributed by atoms with Gasteiger partial charge in [-0.25, -0.2) is 10.5 Å². The van der Waals surface area contributed by atoms with Gasteiger partial charge in [-0.3, -0.25) is 14.8 Å². The van der Waals surface area contributed by atoms with Crippen molar-refractivity contribution in [2.45, 2.75) is 6.92 Å². The van der Waals surface area contributed by atoms with Crippen LogP contribution in [0.15, 0.2) is 35.9 Å². The second kappa shape index (κ2) is 8.11. The molecule has 1 aromatic heterocycles. The molecule has 1 aliphatic rings. The Labute approximate surface area is 155 Å². The van der Waals surface area contributed by atoms with E-state index in [0.29, 0.717) is 31.1 Å². The molecular formula is C18H20N4O3S. The smallest absolute Gasteiger partial charge is 0.267 e. The molecular weight excluding hydrogens is 352 g/mol. The van der Waals surface area contributed by atoms with Crippen LogP contribution >= 0.6 is 11.3 Å². The minimum absolute atomic E-state index is 0.0393. The molecule has 2 N–H and O–H groups in total. The average Bonchev–Trinajstić information content (AvgIpc) is 3.11. The predicted molar refractivity (Wildman–Crippen MR) is 100 cm³/mol. The van der Waals surface area contributed by atoms with Crippen LogP contribution in [-0.2, 0) is 4.79 Å². The molecule has 0 aliphatic carbocycles. The molecule has 0 radical (unpaired) electrons. The Morgan fingerprint density at radius 2 is 1.96 bits per heavy atom. The molecule has 8 heteroatoms. The Morgan fingerprint density at radius 1 is 1.23 bits per heavy atom. The summed E-state index contributed by atoms with van der Waals surface area (Å²) in [5.74, 6) is -0.535. The molecule has 7 nitrogen and oxygen atoms in total. The van der Waals surface area contributed by atoms with Gasteiger partial charge in [-0.1, -0.05) is 18.2 Å². The van der Waals surface area contributed by atoms with Gasteiger partial charge < -0.3 is 9.80 Å². The Morgan fingerprint density at radius 3 is 2.62 bits per heavy atom. The van der Waals surface area contributed by atoms with Gasteiger partial charge >= 0.3 is 0 Å². The zero-order chi connectivity index (χ0) is 18.5. The highest BCUT2D eigenvalue weighted by atomic mass is 32.1. The molecule has 26 heavy (non-hydrogen) atoms. The summed E-state index contributed by atoms with van der Waals surface area (Å²) in [5, 5.41) is 8.61. The molecule has 0 spiro atoms. The van der Waals surface area contributed by atoms with Crippen molar-refractivity contribution in [1.82, 2.24) is 15.4 Å². The van der Waals surface area contributed by atoms with Crippen LogP contribution in [0.25, 0.3) is 6.08 Å². The topological polar surface area (TPSA) is 85.8 Å². The van der Waals surface area contributed by atoms with Crippen molar-refractivity contribution in [2.75, 3.05) is 31.1 Å². The Kier molecular flexibility index (Phi) is 5.65. The molecule has 2 amide bonds. The molecule has 2 heterocycles. The van der Waals surface area contributed by atoms with Crippen LogP contribution in [0.4, 0.5) is 5.69 Å². The minimum atomic E-state index is -0.574. The Balaban J connectivity index is 1.69. The summed E-state index contributed by atoms with van der Waals surface area (Å²) in [6.07, 6.45) is 2.95. The Bertz CT molecular complexity index is 825. The molecule has 136 valence electrons. The third-order valence-electron chi connectivity index (χ3n) is 4.31. The summed E-state index contributed by atoms with van der Waals surface area (Å²) in [5.41, 5.74) is 5.94. The van der Waals surface area contributed by atoms with Crippen molar-refractivity contribution in [1.29, 1.82) is 0 Å². The molecule has 0 atom stereocenters. The minimum Gasteiger partial charge on any atom is -0.367 e. The maximum absolute atomic E-state index is 12.6. The monoisotopic (exact) mass is 372 g/mol. The van der Waals surface area contributed by atoms with Gasteiger partial charge in [0.05, 0.1) is 11.2 Å². The first-order valence-corrected chi connectivity index (χ1v) is 9.13. The number of carbonyl (C=O) groups is 2. The molecule has 0 saturated carbocycles. The van der Waals surface area contributed by atoms with Gasteiger partial charge in [0.1, 0.15) is 4.88 Å². The highest BCUT2D eigenvalue weighted by Gasteiger charge is 2.25. The van der Waals surface area contributed by atoms with Gasteiger partial charge in [0.25, 0.3) is 11.8 Å². The van der Waals surface area contributed by atoms with E-state index in [4.69, 9.17) is 5.21 Å². The lowest BCUT2D eigenvalue weighted by molar-refractivity contribution is -0.124. The standard InChI is InChI=1S/C18H20N4O3S/c1-13-17(26-12-19-13)18(24)22-10-8-21(9-11-22)15-5-3-2-4-14(15)6-7-16(23)20-25/h2-7,12,25H,8-11H2,1H3,(H,20,23)/b7-6+. The van der Waals surface area contributed by atoms with Crippen LogP contribution in [0.5, 0.6) is 0 Å². The van der Waals surface area contributed by atoms with Gasteiger partial charge in [-0.2, -0.15) is 0 Å². The number of aromatic nitrogens is 1. The van der Waals surface area contributed by atoms with Crippen molar-refractivity contribution < 1.29 is 14.8 Å². The summed E-state index contributed by atoms with van der Waals surface area (Å²) in [6, 6.07) is 7.74. The first kappa shape index (κ1) is 18.1. The van der Waals surface area contributed by atoms with E-state index in [-0.39, 0.29) is 5.91 Å². The molecule has 3 rings (SSSR count). The number of hydrogen-bond acceptors (Lipinski definition) is 6. The van der Waals surface area contributed by atoms with Gasteiger partial charge in [0.2, 0.25) is 0 Å². The number of nitrogens with one attached hydrogen (secondary N) is 1. The molecule has 0 unspecified atom stereocenters. The number of aryl methyl sites for hydroxylation is 1. The maximum atomic E-state index is 12.6.